The lowest BCUT2D eigenvalue weighted by molar-refractivity contribution is -0.0301. The molecule has 0 aliphatic carbocycles. The molecule has 1 N–H and O–H groups in total. The van der Waals surface area contributed by atoms with Crippen LogP contribution in [-0.2, 0) is 42.6 Å². The summed E-state index contributed by atoms with van der Waals surface area (Å²) in [6, 6.07) is 10.5. The number of rotatable bonds is 15. The number of carbonyl (C=O) groups is 4. The molecule has 49 heavy (non-hydrogen) atoms. The van der Waals surface area contributed by atoms with Crippen molar-refractivity contribution in [1.82, 2.24) is 5.32 Å². The first-order valence-corrected chi connectivity index (χ1v) is 18.2. The number of aldehydes is 1. The summed E-state index contributed by atoms with van der Waals surface area (Å²) in [5.74, 6) is -0.480. The molecule has 0 radical (unpaired) electrons. The molecule has 0 unspecified atom stereocenters. The van der Waals surface area contributed by atoms with Gasteiger partial charge in [-0.1, -0.05) is 41.4 Å². The van der Waals surface area contributed by atoms with Crippen molar-refractivity contribution in [2.45, 2.75) is 44.8 Å². The first-order valence-electron chi connectivity index (χ1n) is 14.3. The molecule has 15 nitrogen and oxygen atoms in total. The van der Waals surface area contributed by atoms with E-state index < -0.39 is 72.8 Å². The van der Waals surface area contributed by atoms with Crippen LogP contribution in [0.2, 0.25) is 10.0 Å². The van der Waals surface area contributed by atoms with E-state index in [0.717, 1.165) is 12.1 Å². The van der Waals surface area contributed by atoms with E-state index in [1.807, 2.05) is 0 Å². The zero-order valence-corrected chi connectivity index (χ0v) is 30.1. The number of carbonyl (C=O) groups excluding carboxylic acids is 4. The fourth-order valence-corrected chi connectivity index (χ4v) is 8.21. The standard InChI is InChI=1S/C30H33Cl2N2O13PS/c1-18(2)46-29(37)42-16-44-48(39,45-17-43-30(38)47-19(3)4)15-34(49(40,41)22-12-20(31)11-21(32)13-22)27-10-9-24-23(26(27)14-35)7-6-8-25(24)28(36)33-5/h6-14,18-19H,15-17H2,1-5H3,(H,33,36). The Morgan fingerprint density at radius 2 is 1.43 bits per heavy atom. The minimum atomic E-state index is -4.85. The third-order valence-corrected chi connectivity index (χ3v) is 10.2. The number of ether oxygens (including phenoxy) is 4. The molecule has 19 heteroatoms. The Kier molecular flexibility index (Phi) is 13.8. The SMILES string of the molecule is CNC(=O)c1cccc2c(C=O)c(N(CP(=O)(OCOC(=O)OC(C)C)OCOC(=O)OC(C)C)S(=O)(=O)c3cc(Cl)cc(Cl)c3)ccc12. The van der Waals surface area contributed by atoms with Crippen LogP contribution >= 0.6 is 30.8 Å². The molecule has 0 aliphatic heterocycles. The number of benzene rings is 3. The van der Waals surface area contributed by atoms with Gasteiger partial charge in [-0.2, -0.15) is 0 Å². The van der Waals surface area contributed by atoms with Gasteiger partial charge in [0.15, 0.2) is 6.29 Å². The van der Waals surface area contributed by atoms with E-state index in [4.69, 9.17) is 51.2 Å². The van der Waals surface area contributed by atoms with Crippen LogP contribution in [0.4, 0.5) is 15.3 Å². The number of anilines is 1. The normalized spacial score (nSPS) is 11.7. The predicted octanol–water partition coefficient (Wildman–Crippen LogP) is 6.74. The van der Waals surface area contributed by atoms with Gasteiger partial charge < -0.3 is 24.3 Å². The highest BCUT2D eigenvalue weighted by Gasteiger charge is 2.38. The van der Waals surface area contributed by atoms with E-state index in [2.05, 4.69) is 5.32 Å². The van der Waals surface area contributed by atoms with Crippen molar-refractivity contribution in [1.29, 1.82) is 0 Å². The van der Waals surface area contributed by atoms with Gasteiger partial charge >= 0.3 is 19.9 Å². The van der Waals surface area contributed by atoms with Gasteiger partial charge in [0.05, 0.1) is 22.8 Å². The van der Waals surface area contributed by atoms with Crippen molar-refractivity contribution >= 4 is 81.8 Å². The van der Waals surface area contributed by atoms with Gasteiger partial charge in [-0.15, -0.1) is 0 Å². The Balaban J connectivity index is 2.20. The van der Waals surface area contributed by atoms with Crippen LogP contribution < -0.4 is 9.62 Å². The van der Waals surface area contributed by atoms with Crippen LogP contribution in [0.25, 0.3) is 10.8 Å². The fraction of sp³-hybridized carbons (Fsp3) is 0.333. The molecule has 0 saturated heterocycles. The van der Waals surface area contributed by atoms with Crippen LogP contribution in [-0.4, -0.2) is 72.0 Å². The topological polar surface area (TPSA) is 190 Å². The van der Waals surface area contributed by atoms with Crippen molar-refractivity contribution in [3.8, 4) is 0 Å². The van der Waals surface area contributed by atoms with Crippen LogP contribution in [0, 0.1) is 0 Å². The van der Waals surface area contributed by atoms with Crippen molar-refractivity contribution in [2.75, 3.05) is 31.2 Å². The predicted molar refractivity (Wildman–Crippen MR) is 179 cm³/mol. The molecule has 1 amide bonds. The van der Waals surface area contributed by atoms with Crippen molar-refractivity contribution in [3.05, 3.63) is 69.7 Å². The summed E-state index contributed by atoms with van der Waals surface area (Å²) < 4.78 is 73.3. The summed E-state index contributed by atoms with van der Waals surface area (Å²) in [5.41, 5.74) is -0.390. The Hall–Kier alpha value is -3.92. The minimum Gasteiger partial charge on any atom is -0.432 e. The monoisotopic (exact) mass is 762 g/mol. The first-order chi connectivity index (χ1) is 23.0. The first kappa shape index (κ1) is 39.5. The number of fused-ring (bicyclic) bond motifs is 1. The number of sulfonamides is 1. The van der Waals surface area contributed by atoms with E-state index >= 15 is 0 Å². The minimum absolute atomic E-state index is 0.0693. The van der Waals surface area contributed by atoms with Gasteiger partial charge in [-0.05, 0) is 68.8 Å². The molecular weight excluding hydrogens is 730 g/mol. The van der Waals surface area contributed by atoms with Crippen LogP contribution in [0.3, 0.4) is 0 Å². The highest BCUT2D eigenvalue weighted by molar-refractivity contribution is 7.93. The maximum atomic E-state index is 14.3. The van der Waals surface area contributed by atoms with Crippen LogP contribution in [0.5, 0.6) is 0 Å². The van der Waals surface area contributed by atoms with Crippen LogP contribution in [0.15, 0.2) is 53.4 Å². The molecule has 0 fully saturated rings. The summed E-state index contributed by atoms with van der Waals surface area (Å²) in [6.45, 7) is 4.04. The molecule has 3 aromatic carbocycles. The van der Waals surface area contributed by atoms with E-state index in [0.29, 0.717) is 16.0 Å². The van der Waals surface area contributed by atoms with E-state index in [1.54, 1.807) is 27.7 Å². The van der Waals surface area contributed by atoms with E-state index in [9.17, 15) is 32.2 Å². The van der Waals surface area contributed by atoms with Gasteiger partial charge in [0, 0.05) is 28.2 Å². The number of hydrogen-bond acceptors (Lipinski definition) is 13. The van der Waals surface area contributed by atoms with Crippen molar-refractivity contribution in [3.63, 3.8) is 0 Å². The molecule has 0 atom stereocenters. The lowest BCUT2D eigenvalue weighted by Crippen LogP contribution is -2.34. The molecule has 3 aromatic rings. The number of hydrogen-bond donors (Lipinski definition) is 1. The largest absolute Gasteiger partial charge is 0.510 e. The van der Waals surface area contributed by atoms with Gasteiger partial charge in [0.2, 0.25) is 13.6 Å². The third-order valence-electron chi connectivity index (χ3n) is 6.18. The van der Waals surface area contributed by atoms with E-state index in [-0.39, 0.29) is 32.2 Å². The smallest absolute Gasteiger partial charge is 0.432 e. The summed E-state index contributed by atoms with van der Waals surface area (Å²) in [4.78, 5) is 48.7. The van der Waals surface area contributed by atoms with Gasteiger partial charge in [-0.25, -0.2) is 18.0 Å². The quantitative estimate of drug-likeness (QED) is 0.0742. The molecule has 0 saturated carbocycles. The van der Waals surface area contributed by atoms with E-state index in [1.165, 1.54) is 43.4 Å². The fourth-order valence-electron chi connectivity index (χ4n) is 4.17. The highest BCUT2D eigenvalue weighted by Crippen LogP contribution is 2.51. The lowest BCUT2D eigenvalue weighted by Gasteiger charge is -2.29. The van der Waals surface area contributed by atoms with Crippen molar-refractivity contribution in [2.24, 2.45) is 0 Å². The molecule has 266 valence electrons. The molecule has 0 aromatic heterocycles. The second-order valence-electron chi connectivity index (χ2n) is 10.4. The zero-order valence-electron chi connectivity index (χ0n) is 26.8. The average Bonchev–Trinajstić information content (AvgIpc) is 3.01. The Morgan fingerprint density at radius 3 is 1.92 bits per heavy atom. The Morgan fingerprint density at radius 1 is 0.878 bits per heavy atom. The van der Waals surface area contributed by atoms with Gasteiger partial charge in [-0.3, -0.25) is 27.5 Å². The second kappa shape index (κ2) is 17.1. The summed E-state index contributed by atoms with van der Waals surface area (Å²) in [7, 11) is -8.28. The molecule has 3 rings (SSSR count). The zero-order chi connectivity index (χ0) is 36.5. The summed E-state index contributed by atoms with van der Waals surface area (Å²) >= 11 is 12.2. The lowest BCUT2D eigenvalue weighted by atomic mass is 9.98. The second-order valence-corrected chi connectivity index (χ2v) is 15.2. The highest BCUT2D eigenvalue weighted by atomic mass is 35.5. The van der Waals surface area contributed by atoms with Crippen LogP contribution in [0.1, 0.15) is 48.4 Å². The summed E-state index contributed by atoms with van der Waals surface area (Å²) in [6.07, 6.45) is -4.42. The van der Waals surface area contributed by atoms with Crippen molar-refractivity contribution < 1.29 is 60.2 Å². The molecular formula is C30H33Cl2N2O13PS. The molecule has 0 bridgehead atoms. The maximum Gasteiger partial charge on any atom is 0.510 e. The number of nitrogens with one attached hydrogen (secondary N) is 1. The number of halogens is 2. The molecule has 0 spiro atoms. The molecule has 0 heterocycles. The average molecular weight is 764 g/mol. The Bertz CT molecular complexity index is 1820. The summed E-state index contributed by atoms with van der Waals surface area (Å²) in [5, 5.41) is 2.81. The number of amides is 1. The maximum absolute atomic E-state index is 14.3. The Labute approximate surface area is 292 Å². The van der Waals surface area contributed by atoms with Gasteiger partial charge in [0.25, 0.3) is 15.9 Å². The number of nitrogens with zero attached hydrogens (tertiary/aromatic N) is 1. The van der Waals surface area contributed by atoms with Gasteiger partial charge in [0.1, 0.15) is 6.29 Å². The third kappa shape index (κ3) is 10.5. The molecule has 0 aliphatic rings.